The number of nitrogens with one attached hydrogen (secondary N) is 2. The second-order valence-electron chi connectivity index (χ2n) is 6.89. The lowest BCUT2D eigenvalue weighted by molar-refractivity contribution is -0.138. The van der Waals surface area contributed by atoms with E-state index in [1.807, 2.05) is 53.4 Å². The van der Waals surface area contributed by atoms with Crippen LogP contribution < -0.4 is 15.4 Å². The van der Waals surface area contributed by atoms with Crippen molar-refractivity contribution >= 4 is 29.9 Å². The van der Waals surface area contributed by atoms with Gasteiger partial charge < -0.3 is 20.3 Å². The van der Waals surface area contributed by atoms with Gasteiger partial charge in [-0.25, -0.2) is 0 Å². The van der Waals surface area contributed by atoms with Gasteiger partial charge in [0.25, 0.3) is 0 Å². The number of hydrogen-bond acceptors (Lipinski definition) is 4. The van der Waals surface area contributed by atoms with Crippen LogP contribution in [0.1, 0.15) is 29.5 Å². The number of piperazine rings is 1. The van der Waals surface area contributed by atoms with E-state index in [0.717, 1.165) is 29.1 Å². The van der Waals surface area contributed by atoms with Gasteiger partial charge in [-0.3, -0.25) is 9.59 Å². The van der Waals surface area contributed by atoms with Crippen LogP contribution >= 0.6 is 12.4 Å². The van der Waals surface area contributed by atoms with Crippen LogP contribution in [0.3, 0.4) is 0 Å². The predicted octanol–water partition coefficient (Wildman–Crippen LogP) is 2.72. The fourth-order valence-corrected chi connectivity index (χ4v) is 4.02. The van der Waals surface area contributed by atoms with Gasteiger partial charge in [0.15, 0.2) is 0 Å². The molecule has 0 bridgehead atoms. The molecule has 2 aromatic carbocycles. The minimum Gasteiger partial charge on any atom is -0.496 e. The SMILES string of the molecule is COc1ccccc1C1CNCCN1C(=O)C1CC(=O)Nc2ccccc21.Cl. The molecule has 0 saturated carbocycles. The molecule has 148 valence electrons. The molecular formula is C21H24ClN3O3. The maximum atomic E-state index is 13.5. The Morgan fingerprint density at radius 2 is 1.82 bits per heavy atom. The fraction of sp³-hybridized carbons (Fsp3) is 0.333. The van der Waals surface area contributed by atoms with Crippen molar-refractivity contribution < 1.29 is 14.3 Å². The van der Waals surface area contributed by atoms with E-state index >= 15 is 0 Å². The number of anilines is 1. The average Bonchev–Trinajstić information content (AvgIpc) is 2.72. The summed E-state index contributed by atoms with van der Waals surface area (Å²) in [4.78, 5) is 27.6. The summed E-state index contributed by atoms with van der Waals surface area (Å²) in [6, 6.07) is 15.2. The molecular weight excluding hydrogens is 378 g/mol. The van der Waals surface area contributed by atoms with Crippen molar-refractivity contribution in [1.29, 1.82) is 0 Å². The van der Waals surface area contributed by atoms with Gasteiger partial charge >= 0.3 is 0 Å². The standard InChI is InChI=1S/C21H23N3O3.ClH/c1-27-19-9-5-3-7-15(19)18-13-22-10-11-24(18)21(26)16-12-20(25)23-17-8-4-2-6-14(16)17;/h2-9,16,18,22H,10-13H2,1H3,(H,23,25);1H. The molecule has 2 aliphatic heterocycles. The molecule has 0 radical (unpaired) electrons. The predicted molar refractivity (Wildman–Crippen MR) is 110 cm³/mol. The minimum atomic E-state index is -0.453. The quantitative estimate of drug-likeness (QED) is 0.829. The topological polar surface area (TPSA) is 70.7 Å². The van der Waals surface area contributed by atoms with Crippen LogP contribution in [0.5, 0.6) is 5.75 Å². The van der Waals surface area contributed by atoms with Crippen molar-refractivity contribution in [2.45, 2.75) is 18.4 Å². The minimum absolute atomic E-state index is 0. The van der Waals surface area contributed by atoms with Crippen LogP contribution in [-0.2, 0) is 9.59 Å². The molecule has 2 N–H and O–H groups in total. The third kappa shape index (κ3) is 3.70. The van der Waals surface area contributed by atoms with Crippen molar-refractivity contribution in [2.75, 3.05) is 32.1 Å². The highest BCUT2D eigenvalue weighted by Gasteiger charge is 2.37. The van der Waals surface area contributed by atoms with Gasteiger partial charge in [-0.1, -0.05) is 36.4 Å². The van der Waals surface area contributed by atoms with Crippen molar-refractivity contribution in [3.8, 4) is 5.75 Å². The van der Waals surface area contributed by atoms with Crippen LogP contribution in [0, 0.1) is 0 Å². The van der Waals surface area contributed by atoms with Crippen LogP contribution in [0.25, 0.3) is 0 Å². The van der Waals surface area contributed by atoms with Gasteiger partial charge in [-0.15, -0.1) is 12.4 Å². The number of methoxy groups -OCH3 is 1. The van der Waals surface area contributed by atoms with Crippen molar-refractivity contribution in [1.82, 2.24) is 10.2 Å². The molecule has 2 aromatic rings. The van der Waals surface area contributed by atoms with Crippen LogP contribution in [0.2, 0.25) is 0 Å². The Morgan fingerprint density at radius 3 is 2.61 bits per heavy atom. The molecule has 2 amide bonds. The molecule has 7 heteroatoms. The molecule has 2 aliphatic rings. The highest BCUT2D eigenvalue weighted by atomic mass is 35.5. The Morgan fingerprint density at radius 1 is 1.11 bits per heavy atom. The first-order valence-corrected chi connectivity index (χ1v) is 9.22. The zero-order valence-electron chi connectivity index (χ0n) is 15.7. The molecule has 0 spiro atoms. The van der Waals surface area contributed by atoms with E-state index in [1.165, 1.54) is 0 Å². The number of carbonyl (C=O) groups excluding carboxylic acids is 2. The Bertz CT molecular complexity index is 873. The maximum absolute atomic E-state index is 13.5. The Kier molecular flexibility index (Phi) is 6.21. The number of carbonyl (C=O) groups is 2. The van der Waals surface area contributed by atoms with Gasteiger partial charge in [-0.2, -0.15) is 0 Å². The van der Waals surface area contributed by atoms with E-state index in [0.29, 0.717) is 13.1 Å². The largest absolute Gasteiger partial charge is 0.496 e. The molecule has 28 heavy (non-hydrogen) atoms. The zero-order valence-corrected chi connectivity index (χ0v) is 16.5. The Balaban J connectivity index is 0.00000225. The van der Waals surface area contributed by atoms with E-state index in [2.05, 4.69) is 10.6 Å². The van der Waals surface area contributed by atoms with Crippen molar-refractivity contribution in [3.05, 3.63) is 59.7 Å². The first kappa shape index (κ1) is 20.2. The third-order valence-corrected chi connectivity index (χ3v) is 5.32. The molecule has 2 unspecified atom stereocenters. The number of benzene rings is 2. The second kappa shape index (κ2) is 8.63. The number of para-hydroxylation sites is 2. The van der Waals surface area contributed by atoms with Crippen molar-refractivity contribution in [3.63, 3.8) is 0 Å². The van der Waals surface area contributed by atoms with Crippen LogP contribution in [0.4, 0.5) is 5.69 Å². The smallest absolute Gasteiger partial charge is 0.231 e. The lowest BCUT2D eigenvalue weighted by Crippen LogP contribution is -2.50. The normalized spacial score (nSPS) is 21.2. The summed E-state index contributed by atoms with van der Waals surface area (Å²) in [5.74, 6) is 0.196. The van der Waals surface area contributed by atoms with E-state index in [1.54, 1.807) is 7.11 Å². The summed E-state index contributed by atoms with van der Waals surface area (Å²) in [7, 11) is 1.64. The van der Waals surface area contributed by atoms with Crippen LogP contribution in [-0.4, -0.2) is 43.5 Å². The summed E-state index contributed by atoms with van der Waals surface area (Å²) >= 11 is 0. The molecule has 1 saturated heterocycles. The lowest BCUT2D eigenvalue weighted by atomic mass is 9.88. The van der Waals surface area contributed by atoms with Gasteiger partial charge in [0.1, 0.15) is 5.75 Å². The van der Waals surface area contributed by atoms with E-state index in [9.17, 15) is 9.59 Å². The van der Waals surface area contributed by atoms with Gasteiger partial charge in [0.2, 0.25) is 11.8 Å². The molecule has 1 fully saturated rings. The molecule has 0 aromatic heterocycles. The maximum Gasteiger partial charge on any atom is 0.231 e. The first-order chi connectivity index (χ1) is 13.2. The number of halogens is 1. The fourth-order valence-electron chi connectivity index (χ4n) is 4.02. The van der Waals surface area contributed by atoms with Gasteiger partial charge in [-0.05, 0) is 17.7 Å². The molecule has 4 rings (SSSR count). The first-order valence-electron chi connectivity index (χ1n) is 9.22. The summed E-state index contributed by atoms with van der Waals surface area (Å²) in [6.45, 7) is 1.99. The Labute approximate surface area is 170 Å². The number of amides is 2. The lowest BCUT2D eigenvalue weighted by Gasteiger charge is -2.39. The summed E-state index contributed by atoms with van der Waals surface area (Å²) in [5.41, 5.74) is 2.60. The van der Waals surface area contributed by atoms with Crippen molar-refractivity contribution in [2.24, 2.45) is 0 Å². The van der Waals surface area contributed by atoms with E-state index in [-0.39, 0.29) is 36.7 Å². The van der Waals surface area contributed by atoms with E-state index in [4.69, 9.17) is 4.74 Å². The molecule has 0 aliphatic carbocycles. The third-order valence-electron chi connectivity index (χ3n) is 5.32. The number of rotatable bonds is 3. The zero-order chi connectivity index (χ0) is 18.8. The van der Waals surface area contributed by atoms with Crippen LogP contribution in [0.15, 0.2) is 48.5 Å². The molecule has 2 heterocycles. The van der Waals surface area contributed by atoms with E-state index < -0.39 is 5.92 Å². The average molecular weight is 402 g/mol. The number of ether oxygens (including phenoxy) is 1. The molecule has 2 atom stereocenters. The number of nitrogens with zero attached hydrogens (tertiary/aromatic N) is 1. The monoisotopic (exact) mass is 401 g/mol. The second-order valence-corrected chi connectivity index (χ2v) is 6.89. The summed E-state index contributed by atoms with van der Waals surface area (Å²) < 4.78 is 5.52. The Hall–Kier alpha value is -2.57. The number of fused-ring (bicyclic) bond motifs is 1. The van der Waals surface area contributed by atoms with Gasteiger partial charge in [0.05, 0.1) is 19.1 Å². The summed E-state index contributed by atoms with van der Waals surface area (Å²) in [6.07, 6.45) is 0.179. The highest BCUT2D eigenvalue weighted by molar-refractivity contribution is 6.01. The van der Waals surface area contributed by atoms with Gasteiger partial charge in [0, 0.05) is 37.3 Å². The highest BCUT2D eigenvalue weighted by Crippen LogP contribution is 2.37. The number of hydrogen-bond donors (Lipinski definition) is 2. The molecule has 6 nitrogen and oxygen atoms in total. The summed E-state index contributed by atoms with van der Waals surface area (Å²) in [5, 5.41) is 6.24.